The summed E-state index contributed by atoms with van der Waals surface area (Å²) in [6, 6.07) is -0.468. The van der Waals surface area contributed by atoms with Gasteiger partial charge >= 0.3 is 11.7 Å². The van der Waals surface area contributed by atoms with Crippen LogP contribution < -0.4 is 4.90 Å². The molecule has 0 aromatic carbocycles. The number of nitrogens with zero attached hydrogens (tertiary/aromatic N) is 4. The van der Waals surface area contributed by atoms with Crippen LogP contribution in [0.1, 0.15) is 32.4 Å². The molecule has 1 saturated heterocycles. The van der Waals surface area contributed by atoms with E-state index in [0.717, 1.165) is 6.42 Å². The molecule has 21 heavy (non-hydrogen) atoms. The number of aryl methyl sites for hydroxylation is 2. The Labute approximate surface area is 122 Å². The number of hydrogen-bond donors (Lipinski definition) is 0. The third kappa shape index (κ3) is 2.70. The fourth-order valence-corrected chi connectivity index (χ4v) is 2.78. The number of hydrogen-bond acceptors (Lipinski definition) is 6. The molecule has 2 heterocycles. The lowest BCUT2D eigenvalue weighted by Crippen LogP contribution is -2.38. The normalized spacial score (nSPS) is 18.0. The Kier molecular flexibility index (Phi) is 4.44. The van der Waals surface area contributed by atoms with Crippen molar-refractivity contribution in [3.8, 4) is 0 Å². The zero-order valence-corrected chi connectivity index (χ0v) is 12.5. The molecule has 0 spiro atoms. The molecule has 8 nitrogen and oxygen atoms in total. The molecular weight excluding hydrogens is 276 g/mol. The Morgan fingerprint density at radius 3 is 2.81 bits per heavy atom. The molecule has 1 aliphatic heterocycles. The Morgan fingerprint density at radius 1 is 1.52 bits per heavy atom. The molecule has 0 saturated carbocycles. The van der Waals surface area contributed by atoms with Crippen LogP contribution in [0.4, 0.5) is 11.5 Å². The van der Waals surface area contributed by atoms with Crippen molar-refractivity contribution in [3.63, 3.8) is 0 Å². The second kappa shape index (κ2) is 6.11. The van der Waals surface area contributed by atoms with Crippen LogP contribution in [0.15, 0.2) is 0 Å². The number of aromatic nitrogens is 2. The van der Waals surface area contributed by atoms with Crippen molar-refractivity contribution in [1.29, 1.82) is 0 Å². The number of carbonyl (C=O) groups is 1. The first-order valence-electron chi connectivity index (χ1n) is 7.16. The molecule has 1 fully saturated rings. The molecule has 1 unspecified atom stereocenters. The van der Waals surface area contributed by atoms with E-state index in [9.17, 15) is 14.9 Å². The van der Waals surface area contributed by atoms with E-state index in [1.165, 1.54) is 0 Å². The van der Waals surface area contributed by atoms with Crippen molar-refractivity contribution >= 4 is 17.5 Å². The highest BCUT2D eigenvalue weighted by atomic mass is 16.6. The molecule has 116 valence electrons. The SMILES string of the molecule is CCOC(=O)C1CCCN1c1c([N+](=O)[O-])c(C)nn1CC. The minimum absolute atomic E-state index is 0.0203. The van der Waals surface area contributed by atoms with E-state index >= 15 is 0 Å². The van der Waals surface area contributed by atoms with Crippen molar-refractivity contribution < 1.29 is 14.5 Å². The standard InChI is InChI=1S/C13H20N4O4/c1-4-16-12(11(17(19)20)9(3)14-16)15-8-6-7-10(15)13(18)21-5-2/h10H,4-8H2,1-3H3. The molecule has 1 aromatic heterocycles. The van der Waals surface area contributed by atoms with Gasteiger partial charge in [0.2, 0.25) is 5.82 Å². The molecule has 0 radical (unpaired) electrons. The van der Waals surface area contributed by atoms with Gasteiger partial charge in [0.15, 0.2) is 0 Å². The van der Waals surface area contributed by atoms with E-state index in [0.29, 0.717) is 37.6 Å². The van der Waals surface area contributed by atoms with Gasteiger partial charge in [0.1, 0.15) is 11.7 Å². The number of anilines is 1. The van der Waals surface area contributed by atoms with Crippen molar-refractivity contribution in [3.05, 3.63) is 15.8 Å². The number of ether oxygens (including phenoxy) is 1. The minimum Gasteiger partial charge on any atom is -0.464 e. The summed E-state index contributed by atoms with van der Waals surface area (Å²) in [6.07, 6.45) is 1.44. The average molecular weight is 296 g/mol. The van der Waals surface area contributed by atoms with Crippen LogP contribution in [0.25, 0.3) is 0 Å². The van der Waals surface area contributed by atoms with Gasteiger partial charge < -0.3 is 9.64 Å². The number of nitro groups is 1. The molecule has 1 atom stereocenters. The van der Waals surface area contributed by atoms with E-state index in [1.807, 2.05) is 6.92 Å². The van der Waals surface area contributed by atoms with Crippen molar-refractivity contribution in [2.75, 3.05) is 18.1 Å². The van der Waals surface area contributed by atoms with Gasteiger partial charge in [0.25, 0.3) is 0 Å². The first-order valence-corrected chi connectivity index (χ1v) is 7.16. The fourth-order valence-electron chi connectivity index (χ4n) is 2.78. The second-order valence-corrected chi connectivity index (χ2v) is 4.93. The molecule has 2 rings (SSSR count). The van der Waals surface area contributed by atoms with Crippen molar-refractivity contribution in [1.82, 2.24) is 9.78 Å². The van der Waals surface area contributed by atoms with Crippen LogP contribution in [0.3, 0.4) is 0 Å². The maximum Gasteiger partial charge on any atom is 0.333 e. The predicted molar refractivity (Wildman–Crippen MR) is 76.3 cm³/mol. The van der Waals surface area contributed by atoms with Gasteiger partial charge in [-0.2, -0.15) is 5.10 Å². The second-order valence-electron chi connectivity index (χ2n) is 4.93. The van der Waals surface area contributed by atoms with E-state index in [1.54, 1.807) is 23.4 Å². The maximum absolute atomic E-state index is 12.1. The molecular formula is C13H20N4O4. The third-order valence-electron chi connectivity index (χ3n) is 3.64. The van der Waals surface area contributed by atoms with Crippen molar-refractivity contribution in [2.24, 2.45) is 0 Å². The molecule has 0 bridgehead atoms. The van der Waals surface area contributed by atoms with Gasteiger partial charge in [0.05, 0.1) is 11.5 Å². The summed E-state index contributed by atoms with van der Waals surface area (Å²) < 4.78 is 6.67. The van der Waals surface area contributed by atoms with E-state index < -0.39 is 11.0 Å². The predicted octanol–water partition coefficient (Wildman–Crippen LogP) is 1.65. The van der Waals surface area contributed by atoms with Crippen LogP contribution in [0.2, 0.25) is 0 Å². The number of rotatable bonds is 5. The van der Waals surface area contributed by atoms with Gasteiger partial charge in [-0.1, -0.05) is 0 Å². The summed E-state index contributed by atoms with van der Waals surface area (Å²) in [5.74, 6) is 0.0846. The summed E-state index contributed by atoms with van der Waals surface area (Å²) in [5.41, 5.74) is 0.347. The van der Waals surface area contributed by atoms with Crippen LogP contribution in [0.5, 0.6) is 0 Å². The monoisotopic (exact) mass is 296 g/mol. The third-order valence-corrected chi connectivity index (χ3v) is 3.64. The topological polar surface area (TPSA) is 90.5 Å². The highest BCUT2D eigenvalue weighted by Crippen LogP contribution is 2.36. The highest BCUT2D eigenvalue weighted by Gasteiger charge is 2.39. The van der Waals surface area contributed by atoms with Crippen LogP contribution >= 0.6 is 0 Å². The summed E-state index contributed by atoms with van der Waals surface area (Å²) in [7, 11) is 0. The van der Waals surface area contributed by atoms with Gasteiger partial charge in [-0.3, -0.25) is 10.1 Å². The summed E-state index contributed by atoms with van der Waals surface area (Å²) >= 11 is 0. The zero-order chi connectivity index (χ0) is 15.6. The Balaban J connectivity index is 2.44. The summed E-state index contributed by atoms with van der Waals surface area (Å²) in [5, 5.41) is 15.6. The van der Waals surface area contributed by atoms with Gasteiger partial charge in [-0.15, -0.1) is 0 Å². The molecule has 1 aliphatic rings. The minimum atomic E-state index is -0.468. The van der Waals surface area contributed by atoms with Crippen LogP contribution in [0, 0.1) is 17.0 Å². The van der Waals surface area contributed by atoms with Gasteiger partial charge in [-0.25, -0.2) is 9.48 Å². The summed E-state index contributed by atoms with van der Waals surface area (Å²) in [6.45, 7) is 6.64. The first kappa shape index (κ1) is 15.3. The van der Waals surface area contributed by atoms with Crippen LogP contribution in [-0.2, 0) is 16.1 Å². The molecule has 0 amide bonds. The Hall–Kier alpha value is -2.12. The van der Waals surface area contributed by atoms with E-state index in [2.05, 4.69) is 5.10 Å². The van der Waals surface area contributed by atoms with E-state index in [-0.39, 0.29) is 11.7 Å². The largest absolute Gasteiger partial charge is 0.464 e. The molecule has 8 heteroatoms. The lowest BCUT2D eigenvalue weighted by atomic mass is 10.2. The summed E-state index contributed by atoms with van der Waals surface area (Å²) in [4.78, 5) is 24.7. The Morgan fingerprint density at radius 2 is 2.24 bits per heavy atom. The van der Waals surface area contributed by atoms with Gasteiger partial charge in [0, 0.05) is 13.1 Å². The number of esters is 1. The Bertz CT molecular complexity index is 555. The average Bonchev–Trinajstić information content (AvgIpc) is 3.01. The quantitative estimate of drug-likeness (QED) is 0.466. The maximum atomic E-state index is 12.1. The van der Waals surface area contributed by atoms with Crippen LogP contribution in [-0.4, -0.2) is 39.9 Å². The smallest absolute Gasteiger partial charge is 0.333 e. The molecule has 1 aromatic rings. The fraction of sp³-hybridized carbons (Fsp3) is 0.692. The molecule has 0 N–H and O–H groups in total. The highest BCUT2D eigenvalue weighted by molar-refractivity contribution is 5.82. The number of carbonyl (C=O) groups excluding carboxylic acids is 1. The lowest BCUT2D eigenvalue weighted by molar-refractivity contribution is -0.384. The molecule has 0 aliphatic carbocycles. The lowest BCUT2D eigenvalue weighted by Gasteiger charge is -2.24. The van der Waals surface area contributed by atoms with Gasteiger partial charge in [-0.05, 0) is 33.6 Å². The first-order chi connectivity index (χ1) is 10.0. The zero-order valence-electron chi connectivity index (χ0n) is 12.5. The van der Waals surface area contributed by atoms with Crippen molar-refractivity contribution in [2.45, 2.75) is 46.2 Å². The van der Waals surface area contributed by atoms with E-state index in [4.69, 9.17) is 4.74 Å².